The SMILES string of the molecule is CN(C)CCOCCNCCN1CCNC1=O. The molecule has 0 aromatic rings. The van der Waals surface area contributed by atoms with Crippen LogP contribution in [0.2, 0.25) is 0 Å². The first-order valence-corrected chi connectivity index (χ1v) is 6.16. The van der Waals surface area contributed by atoms with Gasteiger partial charge in [0.1, 0.15) is 0 Å². The van der Waals surface area contributed by atoms with E-state index >= 15 is 0 Å². The minimum absolute atomic E-state index is 0.0500. The standard InChI is InChI=1S/C11H24N4O2/c1-14(2)8-10-17-9-5-12-3-6-15-7-4-13-11(15)16/h12H,3-10H2,1-2H3,(H,13,16). The molecule has 0 unspecified atom stereocenters. The summed E-state index contributed by atoms with van der Waals surface area (Å²) >= 11 is 0. The molecule has 6 heteroatoms. The third kappa shape index (κ3) is 6.45. The molecule has 1 fully saturated rings. The van der Waals surface area contributed by atoms with Crippen molar-refractivity contribution < 1.29 is 9.53 Å². The van der Waals surface area contributed by atoms with Gasteiger partial charge in [-0.25, -0.2) is 4.79 Å². The van der Waals surface area contributed by atoms with Gasteiger partial charge in [0.2, 0.25) is 0 Å². The Labute approximate surface area is 103 Å². The molecule has 0 aromatic heterocycles. The summed E-state index contributed by atoms with van der Waals surface area (Å²) in [5.74, 6) is 0. The van der Waals surface area contributed by atoms with Gasteiger partial charge < -0.3 is 25.2 Å². The van der Waals surface area contributed by atoms with E-state index in [0.717, 1.165) is 52.5 Å². The first kappa shape index (κ1) is 14.2. The number of rotatable bonds is 9. The Kier molecular flexibility index (Phi) is 6.91. The van der Waals surface area contributed by atoms with Crippen LogP contribution in [-0.2, 0) is 4.74 Å². The summed E-state index contributed by atoms with van der Waals surface area (Å²) in [6, 6.07) is 0.0500. The fourth-order valence-corrected chi connectivity index (χ4v) is 1.56. The molecule has 0 atom stereocenters. The average Bonchev–Trinajstić information content (AvgIpc) is 2.68. The van der Waals surface area contributed by atoms with Crippen LogP contribution in [0.1, 0.15) is 0 Å². The third-order valence-corrected chi connectivity index (χ3v) is 2.61. The lowest BCUT2D eigenvalue weighted by Crippen LogP contribution is -2.35. The van der Waals surface area contributed by atoms with E-state index in [1.165, 1.54) is 0 Å². The zero-order chi connectivity index (χ0) is 12.5. The molecule has 0 saturated carbocycles. The lowest BCUT2D eigenvalue weighted by Gasteiger charge is -2.14. The van der Waals surface area contributed by atoms with Gasteiger partial charge in [0.15, 0.2) is 0 Å². The lowest BCUT2D eigenvalue weighted by atomic mass is 10.5. The molecule has 1 aliphatic rings. The van der Waals surface area contributed by atoms with Crippen molar-refractivity contribution in [2.75, 3.05) is 66.6 Å². The Bertz CT molecular complexity index is 224. The Morgan fingerprint density at radius 2 is 2.24 bits per heavy atom. The fraction of sp³-hybridized carbons (Fsp3) is 0.909. The van der Waals surface area contributed by atoms with E-state index in [0.29, 0.717) is 0 Å². The molecule has 0 aromatic carbocycles. The van der Waals surface area contributed by atoms with E-state index < -0.39 is 0 Å². The molecule has 1 saturated heterocycles. The second kappa shape index (κ2) is 8.27. The molecule has 2 amide bonds. The van der Waals surface area contributed by atoms with Crippen molar-refractivity contribution in [3.63, 3.8) is 0 Å². The van der Waals surface area contributed by atoms with Gasteiger partial charge in [-0.05, 0) is 14.1 Å². The van der Waals surface area contributed by atoms with E-state index in [4.69, 9.17) is 4.74 Å². The van der Waals surface area contributed by atoms with Crippen molar-refractivity contribution in [1.29, 1.82) is 0 Å². The van der Waals surface area contributed by atoms with Crippen molar-refractivity contribution in [3.8, 4) is 0 Å². The quantitative estimate of drug-likeness (QED) is 0.520. The van der Waals surface area contributed by atoms with Gasteiger partial charge in [-0.2, -0.15) is 0 Å². The van der Waals surface area contributed by atoms with Crippen LogP contribution in [0.5, 0.6) is 0 Å². The second-order valence-electron chi connectivity index (χ2n) is 4.38. The minimum Gasteiger partial charge on any atom is -0.379 e. The van der Waals surface area contributed by atoms with Gasteiger partial charge in [-0.1, -0.05) is 0 Å². The summed E-state index contributed by atoms with van der Waals surface area (Å²) < 4.78 is 5.44. The highest BCUT2D eigenvalue weighted by molar-refractivity contribution is 5.76. The van der Waals surface area contributed by atoms with E-state index in [2.05, 4.69) is 15.5 Å². The van der Waals surface area contributed by atoms with E-state index in [-0.39, 0.29) is 6.03 Å². The number of likely N-dealkylation sites (N-methyl/N-ethyl adjacent to an activating group) is 1. The number of nitrogens with zero attached hydrogens (tertiary/aromatic N) is 2. The molecular formula is C11H24N4O2. The predicted molar refractivity (Wildman–Crippen MR) is 67.2 cm³/mol. The van der Waals surface area contributed by atoms with Crippen LogP contribution >= 0.6 is 0 Å². The molecule has 1 heterocycles. The average molecular weight is 244 g/mol. The van der Waals surface area contributed by atoms with Crippen molar-refractivity contribution in [1.82, 2.24) is 20.4 Å². The number of carbonyl (C=O) groups excluding carboxylic acids is 1. The van der Waals surface area contributed by atoms with Crippen LogP contribution in [0.15, 0.2) is 0 Å². The topological polar surface area (TPSA) is 56.8 Å². The number of amides is 2. The molecule has 17 heavy (non-hydrogen) atoms. The number of hydrogen-bond donors (Lipinski definition) is 2. The van der Waals surface area contributed by atoms with Gasteiger partial charge in [0.25, 0.3) is 0 Å². The molecule has 2 N–H and O–H groups in total. The Morgan fingerprint density at radius 1 is 1.41 bits per heavy atom. The monoisotopic (exact) mass is 244 g/mol. The van der Waals surface area contributed by atoms with Crippen molar-refractivity contribution in [2.45, 2.75) is 0 Å². The molecular weight excluding hydrogens is 220 g/mol. The summed E-state index contributed by atoms with van der Waals surface area (Å²) in [5, 5.41) is 6.04. The number of carbonyl (C=O) groups is 1. The highest BCUT2D eigenvalue weighted by Crippen LogP contribution is 1.94. The van der Waals surface area contributed by atoms with Crippen molar-refractivity contribution in [3.05, 3.63) is 0 Å². The molecule has 100 valence electrons. The third-order valence-electron chi connectivity index (χ3n) is 2.61. The maximum absolute atomic E-state index is 11.2. The van der Waals surface area contributed by atoms with Crippen LogP contribution in [0.3, 0.4) is 0 Å². The smallest absolute Gasteiger partial charge is 0.317 e. The van der Waals surface area contributed by atoms with E-state index in [9.17, 15) is 4.79 Å². The number of nitrogens with one attached hydrogen (secondary N) is 2. The van der Waals surface area contributed by atoms with Gasteiger partial charge in [0.05, 0.1) is 13.2 Å². The summed E-state index contributed by atoms with van der Waals surface area (Å²) in [7, 11) is 4.06. The lowest BCUT2D eigenvalue weighted by molar-refractivity contribution is 0.119. The van der Waals surface area contributed by atoms with Crippen LogP contribution in [-0.4, -0.2) is 82.4 Å². The summed E-state index contributed by atoms with van der Waals surface area (Å²) in [6.07, 6.45) is 0. The van der Waals surface area contributed by atoms with Crippen molar-refractivity contribution in [2.24, 2.45) is 0 Å². The summed E-state index contributed by atoms with van der Waals surface area (Å²) in [5.41, 5.74) is 0. The largest absolute Gasteiger partial charge is 0.379 e. The van der Waals surface area contributed by atoms with Crippen LogP contribution in [0.25, 0.3) is 0 Å². The second-order valence-corrected chi connectivity index (χ2v) is 4.38. The van der Waals surface area contributed by atoms with Crippen LogP contribution in [0, 0.1) is 0 Å². The molecule has 1 aliphatic heterocycles. The van der Waals surface area contributed by atoms with Gasteiger partial charge in [-0.3, -0.25) is 0 Å². The van der Waals surface area contributed by atoms with Crippen LogP contribution in [0.4, 0.5) is 4.79 Å². The Hall–Kier alpha value is -0.850. The highest BCUT2D eigenvalue weighted by atomic mass is 16.5. The van der Waals surface area contributed by atoms with Crippen LogP contribution < -0.4 is 10.6 Å². The zero-order valence-electron chi connectivity index (χ0n) is 10.9. The number of ether oxygens (including phenoxy) is 1. The molecule has 0 radical (unpaired) electrons. The zero-order valence-corrected chi connectivity index (χ0v) is 10.9. The summed E-state index contributed by atoms with van der Waals surface area (Å²) in [6.45, 7) is 6.46. The maximum atomic E-state index is 11.2. The molecule has 0 aliphatic carbocycles. The molecule has 0 spiro atoms. The highest BCUT2D eigenvalue weighted by Gasteiger charge is 2.17. The number of urea groups is 1. The molecule has 6 nitrogen and oxygen atoms in total. The first-order valence-electron chi connectivity index (χ1n) is 6.16. The van der Waals surface area contributed by atoms with Crippen molar-refractivity contribution >= 4 is 6.03 Å². The van der Waals surface area contributed by atoms with Gasteiger partial charge >= 0.3 is 6.03 Å². The number of hydrogen-bond acceptors (Lipinski definition) is 4. The minimum atomic E-state index is 0.0500. The fourth-order valence-electron chi connectivity index (χ4n) is 1.56. The molecule has 0 bridgehead atoms. The Balaban J connectivity index is 1.83. The van der Waals surface area contributed by atoms with E-state index in [1.807, 2.05) is 19.0 Å². The normalized spacial score (nSPS) is 15.7. The Morgan fingerprint density at radius 3 is 2.88 bits per heavy atom. The van der Waals surface area contributed by atoms with E-state index in [1.54, 1.807) is 0 Å². The van der Waals surface area contributed by atoms with Gasteiger partial charge in [-0.15, -0.1) is 0 Å². The maximum Gasteiger partial charge on any atom is 0.317 e. The summed E-state index contributed by atoms with van der Waals surface area (Å²) in [4.78, 5) is 15.1. The first-order chi connectivity index (χ1) is 8.20. The predicted octanol–water partition coefficient (Wildman–Crippen LogP) is -0.821. The molecule has 1 rings (SSSR count). The van der Waals surface area contributed by atoms with Gasteiger partial charge in [0, 0.05) is 39.3 Å².